The van der Waals surface area contributed by atoms with Crippen LogP contribution in [0.15, 0.2) is 57.9 Å². The minimum absolute atomic E-state index is 0.0187. The fourth-order valence-electron chi connectivity index (χ4n) is 7.26. The molecule has 2 aromatic heterocycles. The number of pyridine rings is 1. The third-order valence-electron chi connectivity index (χ3n) is 9.61. The van der Waals surface area contributed by atoms with Gasteiger partial charge in [0, 0.05) is 55.8 Å². The molecule has 13 heteroatoms. The fraction of sp³-hybridized carbons (Fsp3) is 0.395. The highest BCUT2D eigenvalue weighted by Crippen LogP contribution is 2.49. The zero-order valence-electron chi connectivity index (χ0n) is 28.8. The Morgan fingerprint density at radius 2 is 1.82 bits per heavy atom. The monoisotopic (exact) mass is 697 g/mol. The van der Waals surface area contributed by atoms with Crippen LogP contribution < -0.4 is 25.7 Å². The molecule has 266 valence electrons. The summed E-state index contributed by atoms with van der Waals surface area (Å²) in [5, 5.41) is 7.51. The number of hydrogen-bond acceptors (Lipinski definition) is 9. The Morgan fingerprint density at radius 3 is 2.63 bits per heavy atom. The molecule has 0 bridgehead atoms. The van der Waals surface area contributed by atoms with Gasteiger partial charge in [0.2, 0.25) is 5.43 Å². The number of furan rings is 1. The normalized spacial score (nSPS) is 17.5. The Kier molecular flexibility index (Phi) is 8.34. The second-order valence-electron chi connectivity index (χ2n) is 14.3. The lowest BCUT2D eigenvalue weighted by atomic mass is 10.0. The van der Waals surface area contributed by atoms with E-state index in [1.807, 2.05) is 41.3 Å². The van der Waals surface area contributed by atoms with Gasteiger partial charge in [-0.2, -0.15) is 0 Å². The number of aromatic nitrogens is 1. The van der Waals surface area contributed by atoms with Crippen molar-refractivity contribution >= 4 is 50.5 Å². The van der Waals surface area contributed by atoms with Crippen molar-refractivity contribution in [3.63, 3.8) is 0 Å². The number of ether oxygens (including phenoxy) is 3. The van der Waals surface area contributed by atoms with E-state index in [1.54, 1.807) is 25.3 Å². The summed E-state index contributed by atoms with van der Waals surface area (Å²) in [5.74, 6) is -0.623. The van der Waals surface area contributed by atoms with Crippen LogP contribution in [0, 0.1) is 5.82 Å². The molecule has 2 saturated heterocycles. The van der Waals surface area contributed by atoms with E-state index in [9.17, 15) is 14.4 Å². The lowest BCUT2D eigenvalue weighted by molar-refractivity contribution is 0.0374. The standard InChI is InChI=1S/C38H40FN5O7/c1-38(2,3)51-37(47)41-22-9-12-43(20-22)33-27(39)17-25-32-35(33)50-31-18-24-23-7-4-5-8-29(23)49-30(24)19-28(31)44(32)21-26(34(25)45)36(46)40-10-6-11-42-13-15-48-16-14-42/h4-5,7-8,17-19,21-22H,6,9-16,20H2,1-3H3,(H,40,46)(H,41,47). The molecule has 0 radical (unpaired) electrons. The Bertz CT molecular complexity index is 2250. The van der Waals surface area contributed by atoms with E-state index in [0.29, 0.717) is 73.8 Å². The van der Waals surface area contributed by atoms with Gasteiger partial charge in [-0.25, -0.2) is 9.18 Å². The molecule has 3 aliphatic rings. The van der Waals surface area contributed by atoms with Crippen molar-refractivity contribution in [2.45, 2.75) is 45.3 Å². The van der Waals surface area contributed by atoms with Crippen LogP contribution in [-0.2, 0) is 9.47 Å². The number of nitrogens with zero attached hydrogens (tertiary/aromatic N) is 3. The number of rotatable bonds is 7. The first-order valence-electron chi connectivity index (χ1n) is 17.4. The van der Waals surface area contributed by atoms with Crippen LogP contribution in [-0.4, -0.2) is 85.6 Å². The molecule has 0 spiro atoms. The molecular weight excluding hydrogens is 657 g/mol. The van der Waals surface area contributed by atoms with Crippen molar-refractivity contribution in [3.8, 4) is 17.2 Å². The molecule has 3 aliphatic heterocycles. The first kappa shape index (κ1) is 33.0. The number of anilines is 1. The second kappa shape index (κ2) is 12.9. The lowest BCUT2D eigenvalue weighted by Gasteiger charge is -2.29. The van der Waals surface area contributed by atoms with Gasteiger partial charge < -0.3 is 38.7 Å². The van der Waals surface area contributed by atoms with Crippen LogP contribution in [0.25, 0.3) is 38.5 Å². The van der Waals surface area contributed by atoms with Crippen molar-refractivity contribution < 1.29 is 32.6 Å². The Hall–Kier alpha value is -5.14. The lowest BCUT2D eigenvalue weighted by Crippen LogP contribution is -2.40. The average Bonchev–Trinajstić information content (AvgIpc) is 3.70. The first-order chi connectivity index (χ1) is 24.5. The van der Waals surface area contributed by atoms with Gasteiger partial charge in [0.25, 0.3) is 5.91 Å². The van der Waals surface area contributed by atoms with E-state index in [2.05, 4.69) is 15.5 Å². The van der Waals surface area contributed by atoms with Crippen LogP contribution in [0.1, 0.15) is 44.0 Å². The molecule has 2 N–H and O–H groups in total. The topological polar surface area (TPSA) is 128 Å². The summed E-state index contributed by atoms with van der Waals surface area (Å²) < 4.78 is 41.7. The van der Waals surface area contributed by atoms with E-state index < -0.39 is 28.8 Å². The van der Waals surface area contributed by atoms with Crippen LogP contribution >= 0.6 is 0 Å². The fourth-order valence-corrected chi connectivity index (χ4v) is 7.26. The van der Waals surface area contributed by atoms with Crippen LogP contribution in [0.2, 0.25) is 0 Å². The quantitative estimate of drug-likeness (QED) is 0.202. The van der Waals surface area contributed by atoms with Crippen LogP contribution in [0.4, 0.5) is 14.9 Å². The van der Waals surface area contributed by atoms with Gasteiger partial charge >= 0.3 is 6.09 Å². The van der Waals surface area contributed by atoms with E-state index in [1.165, 1.54) is 12.3 Å². The van der Waals surface area contributed by atoms with Crippen molar-refractivity contribution in [3.05, 3.63) is 70.3 Å². The van der Waals surface area contributed by atoms with Gasteiger partial charge in [-0.1, -0.05) is 18.2 Å². The third kappa shape index (κ3) is 6.25. The van der Waals surface area contributed by atoms with E-state index >= 15 is 4.39 Å². The smallest absolute Gasteiger partial charge is 0.407 e. The van der Waals surface area contributed by atoms with Crippen LogP contribution in [0.5, 0.6) is 11.5 Å². The van der Waals surface area contributed by atoms with Crippen molar-refractivity contribution in [2.75, 3.05) is 57.4 Å². The predicted octanol–water partition coefficient (Wildman–Crippen LogP) is 5.69. The summed E-state index contributed by atoms with van der Waals surface area (Å²) in [5.41, 5.74) is 0.992. The number of carbonyl (C=O) groups is 2. The Balaban J connectivity index is 1.18. The van der Waals surface area contributed by atoms with Gasteiger partial charge in [-0.3, -0.25) is 14.5 Å². The van der Waals surface area contributed by atoms with E-state index in [4.69, 9.17) is 18.6 Å². The molecule has 51 heavy (non-hydrogen) atoms. The van der Waals surface area contributed by atoms with E-state index in [-0.39, 0.29) is 28.4 Å². The summed E-state index contributed by atoms with van der Waals surface area (Å²) in [6, 6.07) is 12.2. The number of carbonyl (C=O) groups excluding carboxylic acids is 2. The van der Waals surface area contributed by atoms with Crippen molar-refractivity contribution in [1.82, 2.24) is 20.1 Å². The second-order valence-corrected chi connectivity index (χ2v) is 14.3. The first-order valence-corrected chi connectivity index (χ1v) is 17.4. The number of halogens is 1. The average molecular weight is 698 g/mol. The Morgan fingerprint density at radius 1 is 1.02 bits per heavy atom. The van der Waals surface area contributed by atoms with Gasteiger partial charge in [0.05, 0.1) is 30.3 Å². The number of benzene rings is 3. The third-order valence-corrected chi connectivity index (χ3v) is 9.61. The van der Waals surface area contributed by atoms with Gasteiger partial charge in [0.1, 0.15) is 33.5 Å². The van der Waals surface area contributed by atoms with E-state index in [0.717, 1.165) is 30.4 Å². The molecule has 1 atom stereocenters. The number of alkyl carbamates (subject to hydrolysis) is 1. The van der Waals surface area contributed by atoms with Crippen molar-refractivity contribution in [1.29, 1.82) is 0 Å². The molecule has 2 amide bonds. The largest absolute Gasteiger partial charge is 0.456 e. The number of morpholine rings is 1. The van der Waals surface area contributed by atoms with Gasteiger partial charge in [-0.15, -0.1) is 0 Å². The predicted molar refractivity (Wildman–Crippen MR) is 191 cm³/mol. The molecule has 0 aliphatic carbocycles. The number of hydrogen-bond donors (Lipinski definition) is 2. The number of fused-ring (bicyclic) bond motifs is 5. The zero-order valence-corrected chi connectivity index (χ0v) is 28.8. The SMILES string of the molecule is CC(C)(C)OC(=O)NC1CCN(c2c(F)cc3c(=O)c(C(=O)NCCCN4CCOCC4)cn4c3c2Oc2cc3c(cc2-4)oc2ccccc23)C1. The highest BCUT2D eigenvalue weighted by atomic mass is 19.1. The molecule has 2 fully saturated rings. The molecule has 5 aromatic rings. The number of nitrogens with one attached hydrogen (secondary N) is 2. The minimum atomic E-state index is -0.666. The maximum Gasteiger partial charge on any atom is 0.407 e. The summed E-state index contributed by atoms with van der Waals surface area (Å²) in [4.78, 5) is 44.2. The minimum Gasteiger partial charge on any atom is -0.456 e. The number of amides is 2. The molecule has 0 saturated carbocycles. The maximum atomic E-state index is 16.4. The summed E-state index contributed by atoms with van der Waals surface area (Å²) in [6.45, 7) is 10.3. The van der Waals surface area contributed by atoms with Gasteiger partial charge in [0.15, 0.2) is 17.3 Å². The maximum absolute atomic E-state index is 16.4. The highest BCUT2D eigenvalue weighted by Gasteiger charge is 2.35. The summed E-state index contributed by atoms with van der Waals surface area (Å²) in [6.07, 6.45) is 2.22. The van der Waals surface area contributed by atoms with Gasteiger partial charge in [-0.05, 0) is 58.4 Å². The molecule has 12 nitrogen and oxygen atoms in total. The highest BCUT2D eigenvalue weighted by molar-refractivity contribution is 6.07. The molecular formula is C38H40FN5O7. The van der Waals surface area contributed by atoms with Crippen molar-refractivity contribution in [2.24, 2.45) is 0 Å². The zero-order chi connectivity index (χ0) is 35.4. The summed E-state index contributed by atoms with van der Waals surface area (Å²) in [7, 11) is 0. The number of para-hydroxylation sites is 1. The molecule has 1 unspecified atom stereocenters. The molecule has 5 heterocycles. The Labute approximate surface area is 293 Å². The summed E-state index contributed by atoms with van der Waals surface area (Å²) >= 11 is 0. The molecule has 8 rings (SSSR count). The molecule has 3 aromatic carbocycles. The van der Waals surface area contributed by atoms with Crippen LogP contribution in [0.3, 0.4) is 0 Å².